The van der Waals surface area contributed by atoms with Crippen molar-refractivity contribution in [3.63, 3.8) is 0 Å². The third kappa shape index (κ3) is 2.98. The summed E-state index contributed by atoms with van der Waals surface area (Å²) in [7, 11) is 0. The van der Waals surface area contributed by atoms with E-state index in [1.807, 2.05) is 19.9 Å². The summed E-state index contributed by atoms with van der Waals surface area (Å²) in [4.78, 5) is 16.7. The zero-order chi connectivity index (χ0) is 15.7. The normalized spacial score (nSPS) is 22.2. The molecule has 0 aliphatic heterocycles. The second kappa shape index (κ2) is 6.07. The topological polar surface area (TPSA) is 68.0 Å². The highest BCUT2D eigenvalue weighted by Gasteiger charge is 2.22. The average Bonchev–Trinajstić information content (AvgIpc) is 2.90. The maximum atomic E-state index is 12.5. The number of fused-ring (bicyclic) bond motifs is 1. The van der Waals surface area contributed by atoms with Crippen molar-refractivity contribution in [1.29, 1.82) is 0 Å². The second-order valence-electron chi connectivity index (χ2n) is 6.74. The van der Waals surface area contributed by atoms with Crippen LogP contribution in [0.1, 0.15) is 68.4 Å². The number of aromatic nitrogens is 2. The molecule has 0 radical (unpaired) electrons. The lowest BCUT2D eigenvalue weighted by molar-refractivity contribution is 0.0921. The number of pyridine rings is 1. The van der Waals surface area contributed by atoms with E-state index in [2.05, 4.69) is 22.4 Å². The summed E-state index contributed by atoms with van der Waals surface area (Å²) in [6.45, 7) is 6.35. The predicted octanol–water partition coefficient (Wildman–Crippen LogP) is 3.65. The summed E-state index contributed by atoms with van der Waals surface area (Å²) in [6, 6.07) is 2.12. The maximum absolute atomic E-state index is 12.5. The minimum absolute atomic E-state index is 0.0515. The van der Waals surface area contributed by atoms with Gasteiger partial charge in [-0.1, -0.05) is 38.8 Å². The van der Waals surface area contributed by atoms with Gasteiger partial charge in [-0.25, -0.2) is 4.98 Å². The van der Waals surface area contributed by atoms with E-state index >= 15 is 0 Å². The van der Waals surface area contributed by atoms with E-state index in [4.69, 9.17) is 4.52 Å². The molecule has 118 valence electrons. The molecule has 2 heterocycles. The van der Waals surface area contributed by atoms with Crippen molar-refractivity contribution < 1.29 is 9.32 Å². The summed E-state index contributed by atoms with van der Waals surface area (Å²) in [5.74, 6) is 0.871. The van der Waals surface area contributed by atoms with Gasteiger partial charge in [0.05, 0.1) is 16.6 Å². The molecule has 1 saturated carbocycles. The monoisotopic (exact) mass is 301 g/mol. The van der Waals surface area contributed by atoms with Gasteiger partial charge in [0, 0.05) is 12.2 Å². The molecule has 0 spiro atoms. The molecule has 1 aliphatic carbocycles. The summed E-state index contributed by atoms with van der Waals surface area (Å²) in [5, 5.41) is 8.03. The first kappa shape index (κ1) is 15.0. The quantitative estimate of drug-likeness (QED) is 0.939. The van der Waals surface area contributed by atoms with Crippen molar-refractivity contribution in [1.82, 2.24) is 15.5 Å². The van der Waals surface area contributed by atoms with Crippen LogP contribution in [0.4, 0.5) is 0 Å². The summed E-state index contributed by atoms with van der Waals surface area (Å²) in [5.41, 5.74) is 1.92. The van der Waals surface area contributed by atoms with Crippen molar-refractivity contribution in [3.8, 4) is 0 Å². The SMILES string of the molecule is CC(C)c1noc2ncc(C(=O)N[C@@H]3CCC[C@@H](C)C3)cc12. The van der Waals surface area contributed by atoms with Crippen molar-refractivity contribution in [3.05, 3.63) is 23.5 Å². The average molecular weight is 301 g/mol. The lowest BCUT2D eigenvalue weighted by atomic mass is 9.87. The Morgan fingerprint density at radius 2 is 2.23 bits per heavy atom. The van der Waals surface area contributed by atoms with E-state index in [0.29, 0.717) is 17.2 Å². The lowest BCUT2D eigenvalue weighted by Crippen LogP contribution is -2.38. The van der Waals surface area contributed by atoms with Gasteiger partial charge in [0.15, 0.2) is 0 Å². The summed E-state index contributed by atoms with van der Waals surface area (Å²) < 4.78 is 5.22. The van der Waals surface area contributed by atoms with Gasteiger partial charge in [0.25, 0.3) is 11.6 Å². The Morgan fingerprint density at radius 3 is 2.95 bits per heavy atom. The Morgan fingerprint density at radius 1 is 1.41 bits per heavy atom. The number of rotatable bonds is 3. The molecule has 5 heteroatoms. The molecule has 5 nitrogen and oxygen atoms in total. The van der Waals surface area contributed by atoms with Gasteiger partial charge in [-0.2, -0.15) is 0 Å². The molecule has 0 saturated heterocycles. The maximum Gasteiger partial charge on any atom is 0.257 e. The number of carbonyl (C=O) groups excluding carboxylic acids is 1. The molecule has 2 aromatic heterocycles. The first-order valence-electron chi connectivity index (χ1n) is 8.10. The van der Waals surface area contributed by atoms with E-state index in [0.717, 1.165) is 23.9 Å². The summed E-state index contributed by atoms with van der Waals surface area (Å²) >= 11 is 0. The third-order valence-corrected chi connectivity index (χ3v) is 4.44. The Kier molecular flexibility index (Phi) is 4.14. The van der Waals surface area contributed by atoms with Crippen molar-refractivity contribution in [2.24, 2.45) is 5.92 Å². The van der Waals surface area contributed by atoms with Crippen LogP contribution >= 0.6 is 0 Å². The standard InChI is InChI=1S/C17H23N3O2/c1-10(2)15-14-8-12(9-18-17(14)22-20-15)16(21)19-13-6-4-5-11(3)7-13/h8-11,13H,4-7H2,1-3H3,(H,19,21)/t11-,13-/m1/s1. The van der Waals surface area contributed by atoms with Crippen LogP contribution in [0, 0.1) is 5.92 Å². The molecule has 0 unspecified atom stereocenters. The zero-order valence-corrected chi connectivity index (χ0v) is 13.4. The largest absolute Gasteiger partial charge is 0.349 e. The first-order valence-corrected chi connectivity index (χ1v) is 8.10. The van der Waals surface area contributed by atoms with Gasteiger partial charge in [-0.15, -0.1) is 0 Å². The van der Waals surface area contributed by atoms with E-state index in [9.17, 15) is 4.79 Å². The Balaban J connectivity index is 1.80. The molecule has 1 aliphatic rings. The lowest BCUT2D eigenvalue weighted by Gasteiger charge is -2.27. The number of nitrogens with zero attached hydrogens (tertiary/aromatic N) is 2. The van der Waals surface area contributed by atoms with E-state index in [1.54, 1.807) is 6.20 Å². The highest BCUT2D eigenvalue weighted by Crippen LogP contribution is 2.25. The number of carbonyl (C=O) groups is 1. The predicted molar refractivity (Wildman–Crippen MR) is 84.8 cm³/mol. The highest BCUT2D eigenvalue weighted by molar-refractivity contribution is 5.97. The van der Waals surface area contributed by atoms with Gasteiger partial charge in [0.1, 0.15) is 0 Å². The van der Waals surface area contributed by atoms with E-state index < -0.39 is 0 Å². The van der Waals surface area contributed by atoms with Crippen molar-refractivity contribution in [2.75, 3.05) is 0 Å². The minimum atomic E-state index is -0.0515. The molecule has 2 atom stereocenters. The molecule has 1 amide bonds. The molecule has 0 aromatic carbocycles. The third-order valence-electron chi connectivity index (χ3n) is 4.44. The van der Waals surface area contributed by atoms with Crippen molar-refractivity contribution >= 4 is 17.0 Å². The fourth-order valence-electron chi connectivity index (χ4n) is 3.22. The van der Waals surface area contributed by atoms with Gasteiger partial charge < -0.3 is 9.84 Å². The Bertz CT molecular complexity index is 678. The van der Waals surface area contributed by atoms with Crippen LogP contribution in [0.15, 0.2) is 16.8 Å². The molecule has 2 aromatic rings. The molecule has 1 N–H and O–H groups in total. The van der Waals surface area contributed by atoms with Crippen LogP contribution in [-0.4, -0.2) is 22.1 Å². The van der Waals surface area contributed by atoms with Gasteiger partial charge in [-0.3, -0.25) is 4.79 Å². The van der Waals surface area contributed by atoms with Crippen LogP contribution in [-0.2, 0) is 0 Å². The number of nitrogens with one attached hydrogen (secondary N) is 1. The minimum Gasteiger partial charge on any atom is -0.349 e. The van der Waals surface area contributed by atoms with Gasteiger partial charge in [-0.05, 0) is 30.7 Å². The molecule has 1 fully saturated rings. The smallest absolute Gasteiger partial charge is 0.257 e. The summed E-state index contributed by atoms with van der Waals surface area (Å²) in [6.07, 6.45) is 6.15. The fraction of sp³-hybridized carbons (Fsp3) is 0.588. The fourth-order valence-corrected chi connectivity index (χ4v) is 3.22. The Hall–Kier alpha value is -1.91. The molecular formula is C17H23N3O2. The zero-order valence-electron chi connectivity index (χ0n) is 13.4. The van der Waals surface area contributed by atoms with Crippen LogP contribution in [0.5, 0.6) is 0 Å². The van der Waals surface area contributed by atoms with E-state index in [-0.39, 0.29) is 17.9 Å². The van der Waals surface area contributed by atoms with Gasteiger partial charge in [0.2, 0.25) is 0 Å². The molecule has 22 heavy (non-hydrogen) atoms. The van der Waals surface area contributed by atoms with E-state index in [1.165, 1.54) is 12.8 Å². The van der Waals surface area contributed by atoms with Crippen molar-refractivity contribution in [2.45, 2.75) is 58.4 Å². The number of amides is 1. The molecule has 0 bridgehead atoms. The first-order chi connectivity index (χ1) is 10.5. The van der Waals surface area contributed by atoms with Crippen LogP contribution in [0.3, 0.4) is 0 Å². The number of hydrogen-bond acceptors (Lipinski definition) is 4. The Labute approximate surface area is 130 Å². The van der Waals surface area contributed by atoms with Crippen LogP contribution in [0.25, 0.3) is 11.1 Å². The second-order valence-corrected chi connectivity index (χ2v) is 6.74. The number of hydrogen-bond donors (Lipinski definition) is 1. The van der Waals surface area contributed by atoms with Crippen LogP contribution in [0.2, 0.25) is 0 Å². The van der Waals surface area contributed by atoms with Gasteiger partial charge >= 0.3 is 0 Å². The van der Waals surface area contributed by atoms with Crippen LogP contribution < -0.4 is 5.32 Å². The molecule has 3 rings (SSSR count). The highest BCUT2D eigenvalue weighted by atomic mass is 16.5. The molecular weight excluding hydrogens is 278 g/mol.